The maximum atomic E-state index is 3.64. The molecule has 3 atom stereocenters. The van der Waals surface area contributed by atoms with Crippen LogP contribution in [0.1, 0.15) is 44.6 Å². The molecular formula is C17H30N2S. The first-order valence-electron chi connectivity index (χ1n) is 7.94. The molecule has 1 aromatic rings. The van der Waals surface area contributed by atoms with Gasteiger partial charge in [0.2, 0.25) is 0 Å². The quantitative estimate of drug-likeness (QED) is 0.859. The SMILES string of the molecule is CNC(CCc1ccsc1)C1(N(C)C)CCCC(C)C1. The maximum Gasteiger partial charge on any atom is 0.0358 e. The number of thiophene rings is 1. The monoisotopic (exact) mass is 294 g/mol. The van der Waals surface area contributed by atoms with E-state index < -0.39 is 0 Å². The van der Waals surface area contributed by atoms with Gasteiger partial charge in [-0.2, -0.15) is 11.3 Å². The molecule has 0 amide bonds. The molecule has 0 bridgehead atoms. The molecule has 0 saturated heterocycles. The summed E-state index contributed by atoms with van der Waals surface area (Å²) in [5.74, 6) is 0.850. The van der Waals surface area contributed by atoms with Crippen LogP contribution in [-0.4, -0.2) is 37.6 Å². The fraction of sp³-hybridized carbons (Fsp3) is 0.765. The van der Waals surface area contributed by atoms with E-state index in [9.17, 15) is 0 Å². The molecule has 1 aliphatic rings. The molecule has 0 spiro atoms. The first-order valence-corrected chi connectivity index (χ1v) is 8.88. The van der Waals surface area contributed by atoms with Gasteiger partial charge in [-0.1, -0.05) is 19.8 Å². The Bertz CT molecular complexity index is 388. The van der Waals surface area contributed by atoms with Crippen molar-refractivity contribution in [1.29, 1.82) is 0 Å². The van der Waals surface area contributed by atoms with Gasteiger partial charge in [-0.25, -0.2) is 0 Å². The summed E-state index contributed by atoms with van der Waals surface area (Å²) in [5, 5.41) is 8.12. The minimum atomic E-state index is 0.336. The lowest BCUT2D eigenvalue weighted by atomic mass is 9.70. The number of nitrogens with one attached hydrogen (secondary N) is 1. The summed E-state index contributed by atoms with van der Waals surface area (Å²) in [6, 6.07) is 2.85. The third kappa shape index (κ3) is 3.44. The Labute approximate surface area is 128 Å². The van der Waals surface area contributed by atoms with Crippen LogP contribution in [0.3, 0.4) is 0 Å². The average molecular weight is 295 g/mol. The van der Waals surface area contributed by atoms with Crippen LogP contribution in [0.5, 0.6) is 0 Å². The molecule has 1 aliphatic carbocycles. The minimum Gasteiger partial charge on any atom is -0.315 e. The highest BCUT2D eigenvalue weighted by molar-refractivity contribution is 7.07. The molecule has 2 nitrogen and oxygen atoms in total. The topological polar surface area (TPSA) is 15.3 Å². The number of hydrogen-bond donors (Lipinski definition) is 1. The number of rotatable bonds is 6. The van der Waals surface area contributed by atoms with E-state index in [2.05, 4.69) is 55.1 Å². The third-order valence-corrected chi connectivity index (χ3v) is 5.93. The highest BCUT2D eigenvalue weighted by Crippen LogP contribution is 2.39. The molecule has 1 saturated carbocycles. The van der Waals surface area contributed by atoms with Crippen LogP contribution in [0.2, 0.25) is 0 Å². The minimum absolute atomic E-state index is 0.336. The van der Waals surface area contributed by atoms with Crippen molar-refractivity contribution in [2.24, 2.45) is 5.92 Å². The number of nitrogens with zero attached hydrogens (tertiary/aromatic N) is 1. The summed E-state index contributed by atoms with van der Waals surface area (Å²) >= 11 is 1.81. The molecule has 1 heterocycles. The number of aryl methyl sites for hydroxylation is 1. The van der Waals surface area contributed by atoms with E-state index >= 15 is 0 Å². The molecule has 3 unspecified atom stereocenters. The molecule has 3 heteroatoms. The van der Waals surface area contributed by atoms with Gasteiger partial charge in [0.05, 0.1) is 0 Å². The summed E-state index contributed by atoms with van der Waals surface area (Å²) in [5.41, 5.74) is 1.83. The lowest BCUT2D eigenvalue weighted by Gasteiger charge is -2.50. The van der Waals surface area contributed by atoms with Gasteiger partial charge in [-0.15, -0.1) is 0 Å². The van der Waals surface area contributed by atoms with Crippen LogP contribution in [0.15, 0.2) is 16.8 Å². The van der Waals surface area contributed by atoms with E-state index in [1.807, 2.05) is 11.3 Å². The molecule has 0 radical (unpaired) electrons. The van der Waals surface area contributed by atoms with Crippen LogP contribution < -0.4 is 5.32 Å². The molecule has 1 N–H and O–H groups in total. The lowest BCUT2D eigenvalue weighted by Crippen LogP contribution is -2.60. The van der Waals surface area contributed by atoms with Gasteiger partial charge in [0.1, 0.15) is 0 Å². The van der Waals surface area contributed by atoms with E-state index in [1.165, 1.54) is 44.1 Å². The zero-order chi connectivity index (χ0) is 14.6. The van der Waals surface area contributed by atoms with Crippen LogP contribution >= 0.6 is 11.3 Å². The molecule has 20 heavy (non-hydrogen) atoms. The first-order chi connectivity index (χ1) is 9.58. The van der Waals surface area contributed by atoms with E-state index in [-0.39, 0.29) is 0 Å². The Kier molecular flexibility index (Phi) is 5.65. The Morgan fingerprint density at radius 1 is 1.50 bits per heavy atom. The van der Waals surface area contributed by atoms with Crippen LogP contribution in [0.25, 0.3) is 0 Å². The Balaban J connectivity index is 2.08. The zero-order valence-corrected chi connectivity index (χ0v) is 14.3. The zero-order valence-electron chi connectivity index (χ0n) is 13.5. The predicted molar refractivity (Wildman–Crippen MR) is 89.5 cm³/mol. The van der Waals surface area contributed by atoms with Crippen molar-refractivity contribution in [3.8, 4) is 0 Å². The summed E-state index contributed by atoms with van der Waals surface area (Å²) in [4.78, 5) is 2.50. The Hall–Kier alpha value is -0.380. The molecule has 114 valence electrons. The number of hydrogen-bond acceptors (Lipinski definition) is 3. The molecule has 1 fully saturated rings. The fourth-order valence-corrected chi connectivity index (χ4v) is 4.73. The predicted octanol–water partition coefficient (Wildman–Crippen LogP) is 3.78. The van der Waals surface area contributed by atoms with Gasteiger partial charge in [0.15, 0.2) is 0 Å². The molecule has 2 rings (SSSR count). The highest BCUT2D eigenvalue weighted by Gasteiger charge is 2.42. The second-order valence-electron chi connectivity index (χ2n) is 6.71. The van der Waals surface area contributed by atoms with Gasteiger partial charge in [0, 0.05) is 11.6 Å². The van der Waals surface area contributed by atoms with Gasteiger partial charge >= 0.3 is 0 Å². The second kappa shape index (κ2) is 7.06. The normalized spacial score (nSPS) is 28.8. The van der Waals surface area contributed by atoms with Crippen molar-refractivity contribution < 1.29 is 0 Å². The summed E-state index contributed by atoms with van der Waals surface area (Å²) in [6.07, 6.45) is 7.86. The standard InChI is InChI=1S/C17H30N2S/c1-14-6-5-10-17(12-14,19(3)4)16(18-2)8-7-15-9-11-20-13-15/h9,11,13-14,16,18H,5-8,10,12H2,1-4H3. The second-order valence-corrected chi connectivity index (χ2v) is 7.49. The number of likely N-dealkylation sites (N-methyl/N-ethyl adjacent to an activating group) is 2. The van der Waals surface area contributed by atoms with Crippen molar-refractivity contribution >= 4 is 11.3 Å². The van der Waals surface area contributed by atoms with E-state index in [4.69, 9.17) is 0 Å². The molecule has 1 aromatic heterocycles. The molecule has 0 aliphatic heterocycles. The van der Waals surface area contributed by atoms with Crippen LogP contribution in [-0.2, 0) is 6.42 Å². The van der Waals surface area contributed by atoms with Gasteiger partial charge in [0.25, 0.3) is 0 Å². The van der Waals surface area contributed by atoms with Crippen LogP contribution in [0, 0.1) is 5.92 Å². The summed E-state index contributed by atoms with van der Waals surface area (Å²) in [7, 11) is 6.68. The van der Waals surface area contributed by atoms with E-state index in [1.54, 1.807) is 0 Å². The first kappa shape index (κ1) is 16.0. The van der Waals surface area contributed by atoms with Crippen molar-refractivity contribution in [1.82, 2.24) is 10.2 Å². The largest absolute Gasteiger partial charge is 0.315 e. The van der Waals surface area contributed by atoms with Crippen molar-refractivity contribution in [2.45, 2.75) is 57.0 Å². The Morgan fingerprint density at radius 3 is 2.85 bits per heavy atom. The van der Waals surface area contributed by atoms with E-state index in [0.717, 1.165) is 5.92 Å². The van der Waals surface area contributed by atoms with Gasteiger partial charge in [-0.3, -0.25) is 0 Å². The molecule has 0 aromatic carbocycles. The van der Waals surface area contributed by atoms with Gasteiger partial charge in [-0.05, 0) is 75.1 Å². The smallest absolute Gasteiger partial charge is 0.0358 e. The fourth-order valence-electron chi connectivity index (χ4n) is 4.03. The van der Waals surface area contributed by atoms with Crippen molar-refractivity contribution in [3.63, 3.8) is 0 Å². The van der Waals surface area contributed by atoms with Gasteiger partial charge < -0.3 is 10.2 Å². The highest BCUT2D eigenvalue weighted by atomic mass is 32.1. The van der Waals surface area contributed by atoms with E-state index in [0.29, 0.717) is 11.6 Å². The summed E-state index contributed by atoms with van der Waals surface area (Å²) in [6.45, 7) is 2.42. The molecular weight excluding hydrogens is 264 g/mol. The maximum absolute atomic E-state index is 3.64. The summed E-state index contributed by atoms with van der Waals surface area (Å²) < 4.78 is 0. The third-order valence-electron chi connectivity index (χ3n) is 5.20. The van der Waals surface area contributed by atoms with Crippen molar-refractivity contribution in [2.75, 3.05) is 21.1 Å². The van der Waals surface area contributed by atoms with Crippen molar-refractivity contribution in [3.05, 3.63) is 22.4 Å². The Morgan fingerprint density at radius 2 is 2.30 bits per heavy atom. The van der Waals surface area contributed by atoms with Crippen LogP contribution in [0.4, 0.5) is 0 Å². The lowest BCUT2D eigenvalue weighted by molar-refractivity contribution is 0.0370. The average Bonchev–Trinajstić information content (AvgIpc) is 2.92.